The molecule has 4 heteroatoms. The molecule has 0 atom stereocenters. The molecule has 0 fully saturated rings. The zero-order valence-corrected chi connectivity index (χ0v) is 9.66. The molecule has 0 amide bonds. The largest absolute Gasteiger partial charge is 0.336 e. The highest BCUT2D eigenvalue weighted by molar-refractivity contribution is 9.13. The van der Waals surface area contributed by atoms with E-state index in [1.165, 1.54) is 0 Å². The van der Waals surface area contributed by atoms with Crippen LogP contribution in [0.2, 0.25) is 0 Å². The molecule has 0 aromatic carbocycles. The van der Waals surface area contributed by atoms with Gasteiger partial charge >= 0.3 is 0 Å². The minimum absolute atomic E-state index is 0.639. The van der Waals surface area contributed by atoms with Gasteiger partial charge in [0.2, 0.25) is 0 Å². The van der Waals surface area contributed by atoms with Crippen LogP contribution in [0.15, 0.2) is 9.21 Å². The number of halogens is 2. The Kier molecular flexibility index (Phi) is 3.13. The van der Waals surface area contributed by atoms with Crippen molar-refractivity contribution in [2.75, 3.05) is 0 Å². The van der Waals surface area contributed by atoms with Gasteiger partial charge in [-0.25, -0.2) is 4.98 Å². The van der Waals surface area contributed by atoms with Crippen molar-refractivity contribution in [2.24, 2.45) is 5.92 Å². The summed E-state index contributed by atoms with van der Waals surface area (Å²) in [5.74, 6) is 1.67. The predicted octanol–water partition coefficient (Wildman–Crippen LogP) is 3.13. The van der Waals surface area contributed by atoms with E-state index < -0.39 is 0 Å². The van der Waals surface area contributed by atoms with Crippen molar-refractivity contribution in [1.82, 2.24) is 9.97 Å². The molecule has 0 spiro atoms. The molecular weight excluding hydrogens is 272 g/mol. The van der Waals surface area contributed by atoms with Gasteiger partial charge in [-0.15, -0.1) is 0 Å². The number of nitrogens with one attached hydrogen (secondary N) is 1. The third kappa shape index (κ3) is 2.60. The van der Waals surface area contributed by atoms with Gasteiger partial charge in [-0.05, 0) is 37.8 Å². The summed E-state index contributed by atoms with van der Waals surface area (Å²) in [6.45, 7) is 4.34. The first-order valence-corrected chi connectivity index (χ1v) is 5.08. The lowest BCUT2D eigenvalue weighted by Crippen LogP contribution is -1.95. The lowest BCUT2D eigenvalue weighted by atomic mass is 10.1. The van der Waals surface area contributed by atoms with Crippen LogP contribution in [0.5, 0.6) is 0 Å². The molecule has 1 aromatic heterocycles. The molecule has 1 rings (SSSR count). The average Bonchev–Trinajstić information content (AvgIpc) is 2.10. The fraction of sp³-hybridized carbons (Fsp3) is 0.571. The Hall–Kier alpha value is 0.170. The SMILES string of the molecule is CC(C)Cc1nc(Br)c(Br)[nH]1. The van der Waals surface area contributed by atoms with E-state index in [-0.39, 0.29) is 0 Å². The van der Waals surface area contributed by atoms with Crippen LogP contribution >= 0.6 is 31.9 Å². The number of hydrogen-bond donors (Lipinski definition) is 1. The zero-order chi connectivity index (χ0) is 8.43. The normalized spacial score (nSPS) is 11.0. The standard InChI is InChI=1S/C7H10Br2N2/c1-4(2)3-5-10-6(8)7(9)11-5/h4H,3H2,1-2H3,(H,10,11). The summed E-state index contributed by atoms with van der Waals surface area (Å²) in [7, 11) is 0. The Balaban J connectivity index is 2.73. The van der Waals surface area contributed by atoms with E-state index in [2.05, 4.69) is 55.7 Å². The van der Waals surface area contributed by atoms with Crippen LogP contribution in [-0.2, 0) is 6.42 Å². The molecule has 0 saturated carbocycles. The fourth-order valence-electron chi connectivity index (χ4n) is 0.857. The van der Waals surface area contributed by atoms with Crippen LogP contribution < -0.4 is 0 Å². The molecule has 0 unspecified atom stereocenters. The second kappa shape index (κ2) is 3.72. The Bertz CT molecular complexity index is 223. The number of rotatable bonds is 2. The fourth-order valence-corrected chi connectivity index (χ4v) is 1.49. The second-order valence-electron chi connectivity index (χ2n) is 2.89. The minimum atomic E-state index is 0.639. The van der Waals surface area contributed by atoms with Gasteiger partial charge in [0.15, 0.2) is 0 Å². The first kappa shape index (κ1) is 9.26. The second-order valence-corrected chi connectivity index (χ2v) is 4.43. The van der Waals surface area contributed by atoms with Gasteiger partial charge in [0.1, 0.15) is 15.0 Å². The third-order valence-corrected chi connectivity index (χ3v) is 2.95. The van der Waals surface area contributed by atoms with Crippen molar-refractivity contribution < 1.29 is 0 Å². The van der Waals surface area contributed by atoms with Gasteiger partial charge in [-0.1, -0.05) is 13.8 Å². The molecule has 1 heterocycles. The highest BCUT2D eigenvalue weighted by Gasteiger charge is 2.05. The van der Waals surface area contributed by atoms with E-state index in [4.69, 9.17) is 0 Å². The van der Waals surface area contributed by atoms with Crippen molar-refractivity contribution in [3.8, 4) is 0 Å². The summed E-state index contributed by atoms with van der Waals surface area (Å²) < 4.78 is 1.78. The Labute approximate surface area is 83.1 Å². The summed E-state index contributed by atoms with van der Waals surface area (Å²) in [6.07, 6.45) is 0.990. The van der Waals surface area contributed by atoms with Crippen molar-refractivity contribution in [1.29, 1.82) is 0 Å². The summed E-state index contributed by atoms with van der Waals surface area (Å²) in [5.41, 5.74) is 0. The number of nitrogens with zero attached hydrogens (tertiary/aromatic N) is 1. The molecule has 0 aliphatic heterocycles. The molecule has 62 valence electrons. The van der Waals surface area contributed by atoms with E-state index in [0.717, 1.165) is 21.5 Å². The maximum atomic E-state index is 4.26. The summed E-state index contributed by atoms with van der Waals surface area (Å²) >= 11 is 6.66. The van der Waals surface area contributed by atoms with E-state index >= 15 is 0 Å². The molecule has 0 radical (unpaired) electrons. The van der Waals surface area contributed by atoms with Gasteiger partial charge in [-0.3, -0.25) is 0 Å². The van der Waals surface area contributed by atoms with E-state index in [1.54, 1.807) is 0 Å². The molecule has 0 bridgehead atoms. The Morgan fingerprint density at radius 3 is 2.45 bits per heavy atom. The molecular formula is C7H10Br2N2. The topological polar surface area (TPSA) is 28.7 Å². The number of imidazole rings is 1. The minimum Gasteiger partial charge on any atom is -0.336 e. The number of aromatic nitrogens is 2. The van der Waals surface area contributed by atoms with Gasteiger partial charge in [0, 0.05) is 6.42 Å². The highest BCUT2D eigenvalue weighted by atomic mass is 79.9. The third-order valence-electron chi connectivity index (χ3n) is 1.27. The summed E-state index contributed by atoms with van der Waals surface area (Å²) in [4.78, 5) is 7.40. The van der Waals surface area contributed by atoms with Crippen LogP contribution in [0.3, 0.4) is 0 Å². The van der Waals surface area contributed by atoms with Crippen LogP contribution in [0, 0.1) is 5.92 Å². The van der Waals surface area contributed by atoms with Crippen LogP contribution in [0.1, 0.15) is 19.7 Å². The average molecular weight is 282 g/mol. The highest BCUT2D eigenvalue weighted by Crippen LogP contribution is 2.20. The summed E-state index contributed by atoms with van der Waals surface area (Å²) in [5, 5.41) is 0. The first-order valence-electron chi connectivity index (χ1n) is 3.49. The molecule has 0 aliphatic carbocycles. The smallest absolute Gasteiger partial charge is 0.138 e. The zero-order valence-electron chi connectivity index (χ0n) is 6.49. The number of H-pyrrole nitrogens is 1. The molecule has 11 heavy (non-hydrogen) atoms. The number of aromatic amines is 1. The van der Waals surface area contributed by atoms with Crippen molar-refractivity contribution >= 4 is 31.9 Å². The van der Waals surface area contributed by atoms with Gasteiger partial charge in [0.25, 0.3) is 0 Å². The molecule has 1 N–H and O–H groups in total. The maximum Gasteiger partial charge on any atom is 0.138 e. The number of hydrogen-bond acceptors (Lipinski definition) is 1. The predicted molar refractivity (Wildman–Crippen MR) is 52.5 cm³/mol. The lowest BCUT2D eigenvalue weighted by Gasteiger charge is -1.98. The Morgan fingerprint density at radius 2 is 2.09 bits per heavy atom. The van der Waals surface area contributed by atoms with Crippen molar-refractivity contribution in [3.05, 3.63) is 15.0 Å². The van der Waals surface area contributed by atoms with Gasteiger partial charge < -0.3 is 4.98 Å². The van der Waals surface area contributed by atoms with E-state index in [9.17, 15) is 0 Å². The van der Waals surface area contributed by atoms with E-state index in [0.29, 0.717) is 5.92 Å². The Morgan fingerprint density at radius 1 is 1.45 bits per heavy atom. The van der Waals surface area contributed by atoms with Gasteiger partial charge in [-0.2, -0.15) is 0 Å². The van der Waals surface area contributed by atoms with Crippen LogP contribution in [0.4, 0.5) is 0 Å². The van der Waals surface area contributed by atoms with Crippen LogP contribution in [0.25, 0.3) is 0 Å². The maximum absolute atomic E-state index is 4.26. The quantitative estimate of drug-likeness (QED) is 0.887. The van der Waals surface area contributed by atoms with Crippen molar-refractivity contribution in [3.63, 3.8) is 0 Å². The molecule has 0 saturated heterocycles. The molecule has 2 nitrogen and oxygen atoms in total. The lowest BCUT2D eigenvalue weighted by molar-refractivity contribution is 0.625. The van der Waals surface area contributed by atoms with Crippen LogP contribution in [-0.4, -0.2) is 9.97 Å². The first-order chi connectivity index (χ1) is 5.09. The van der Waals surface area contributed by atoms with E-state index in [1.807, 2.05) is 0 Å². The van der Waals surface area contributed by atoms with Crippen molar-refractivity contribution in [2.45, 2.75) is 20.3 Å². The summed E-state index contributed by atoms with van der Waals surface area (Å²) in [6, 6.07) is 0. The molecule has 1 aromatic rings. The van der Waals surface area contributed by atoms with Gasteiger partial charge in [0.05, 0.1) is 0 Å². The molecule has 0 aliphatic rings. The monoisotopic (exact) mass is 280 g/mol.